The lowest BCUT2D eigenvalue weighted by Crippen LogP contribution is -2.02. The quantitative estimate of drug-likeness (QED) is 0.584. The van der Waals surface area contributed by atoms with Gasteiger partial charge < -0.3 is 0 Å². The van der Waals surface area contributed by atoms with Gasteiger partial charge in [-0.05, 0) is 11.6 Å². The van der Waals surface area contributed by atoms with Gasteiger partial charge in [0.05, 0.1) is 0 Å². The fourth-order valence-corrected chi connectivity index (χ4v) is 1.93. The zero-order valence-electron chi connectivity index (χ0n) is 8.35. The number of hydrogen-bond donors (Lipinski definition) is 0. The minimum Gasteiger partial charge on any atom is -0.294 e. The molecule has 5 heteroatoms. The predicted octanol–water partition coefficient (Wildman–Crippen LogP) is 4.33. The summed E-state index contributed by atoms with van der Waals surface area (Å²) < 4.78 is 25.1. The third-order valence-electron chi connectivity index (χ3n) is 2.17. The van der Waals surface area contributed by atoms with Gasteiger partial charge in [0.2, 0.25) is 0 Å². The number of hydrogen-bond acceptors (Lipinski definition) is 1. The van der Waals surface area contributed by atoms with E-state index in [4.69, 9.17) is 11.6 Å². The highest BCUT2D eigenvalue weighted by Crippen LogP contribution is 2.25. The molecular formula is C11H10BrClF2O. The molecule has 0 aliphatic heterocycles. The van der Waals surface area contributed by atoms with Gasteiger partial charge in [-0.15, -0.1) is 11.6 Å². The van der Waals surface area contributed by atoms with Gasteiger partial charge >= 0.3 is 0 Å². The predicted molar refractivity (Wildman–Crippen MR) is 63.7 cm³/mol. The molecule has 1 rings (SSSR count). The van der Waals surface area contributed by atoms with Gasteiger partial charge in [-0.2, -0.15) is 0 Å². The Labute approximate surface area is 106 Å². The fraction of sp³-hybridized carbons (Fsp3) is 0.364. The van der Waals surface area contributed by atoms with Crippen LogP contribution in [0.5, 0.6) is 0 Å². The molecule has 0 N–H and O–H groups in total. The maximum absolute atomic E-state index is 12.5. The van der Waals surface area contributed by atoms with Gasteiger partial charge in [0.25, 0.3) is 6.43 Å². The smallest absolute Gasteiger partial charge is 0.264 e. The van der Waals surface area contributed by atoms with E-state index in [1.54, 1.807) is 0 Å². The van der Waals surface area contributed by atoms with Crippen LogP contribution in [0.4, 0.5) is 8.78 Å². The van der Waals surface area contributed by atoms with E-state index in [1.165, 1.54) is 18.2 Å². The molecule has 0 amide bonds. The summed E-state index contributed by atoms with van der Waals surface area (Å²) >= 11 is 8.73. The average Bonchev–Trinajstić information content (AvgIpc) is 2.28. The molecular weight excluding hydrogens is 301 g/mol. The van der Waals surface area contributed by atoms with Crippen molar-refractivity contribution in [2.75, 3.05) is 5.33 Å². The van der Waals surface area contributed by atoms with Crippen molar-refractivity contribution >= 4 is 33.3 Å². The topological polar surface area (TPSA) is 17.1 Å². The third-order valence-corrected chi connectivity index (χ3v) is 2.85. The number of rotatable bonds is 5. The molecule has 1 aromatic rings. The summed E-state index contributed by atoms with van der Waals surface area (Å²) in [6, 6.07) is 4.13. The number of carbonyl (C=O) groups is 1. The molecule has 0 radical (unpaired) electrons. The molecule has 0 aliphatic carbocycles. The van der Waals surface area contributed by atoms with Crippen molar-refractivity contribution < 1.29 is 13.6 Å². The van der Waals surface area contributed by atoms with Crippen LogP contribution in [0.2, 0.25) is 0 Å². The summed E-state index contributed by atoms with van der Waals surface area (Å²) in [7, 11) is 0. The van der Waals surface area contributed by atoms with Crippen molar-refractivity contribution in [2.24, 2.45) is 0 Å². The van der Waals surface area contributed by atoms with Crippen LogP contribution in [0.3, 0.4) is 0 Å². The average molecular weight is 312 g/mol. The molecule has 0 unspecified atom stereocenters. The summed E-state index contributed by atoms with van der Waals surface area (Å²) in [4.78, 5) is 11.5. The van der Waals surface area contributed by atoms with Crippen molar-refractivity contribution in [3.63, 3.8) is 0 Å². The summed E-state index contributed by atoms with van der Waals surface area (Å²) in [5.41, 5.74) is 0.641. The Bertz CT molecular complexity index is 382. The van der Waals surface area contributed by atoms with Gasteiger partial charge in [-0.1, -0.05) is 28.1 Å². The van der Waals surface area contributed by atoms with Gasteiger partial charge in [0.15, 0.2) is 5.78 Å². The highest BCUT2D eigenvalue weighted by Gasteiger charge is 2.14. The second-order valence-corrected chi connectivity index (χ2v) is 4.27. The molecule has 88 valence electrons. The highest BCUT2D eigenvalue weighted by atomic mass is 79.9. The molecule has 0 heterocycles. The lowest BCUT2D eigenvalue weighted by molar-refractivity contribution is 0.0989. The first kappa shape index (κ1) is 13.6. The van der Waals surface area contributed by atoms with E-state index in [-0.39, 0.29) is 17.2 Å². The molecule has 0 aliphatic rings. The molecule has 0 saturated carbocycles. The largest absolute Gasteiger partial charge is 0.294 e. The van der Waals surface area contributed by atoms with Crippen LogP contribution in [0.1, 0.15) is 34.3 Å². The Morgan fingerprint density at radius 1 is 1.44 bits per heavy atom. The van der Waals surface area contributed by atoms with E-state index in [2.05, 4.69) is 15.9 Å². The van der Waals surface area contributed by atoms with Crippen molar-refractivity contribution in [2.45, 2.75) is 18.7 Å². The second kappa shape index (κ2) is 6.30. The SMILES string of the molecule is O=C(CCBr)c1ccc(C(F)F)c(CCl)c1. The maximum atomic E-state index is 12.5. The monoisotopic (exact) mass is 310 g/mol. The number of alkyl halides is 4. The molecule has 1 nitrogen and oxygen atoms in total. The van der Waals surface area contributed by atoms with Crippen molar-refractivity contribution in [1.29, 1.82) is 0 Å². The molecule has 0 saturated heterocycles. The highest BCUT2D eigenvalue weighted by molar-refractivity contribution is 9.09. The van der Waals surface area contributed by atoms with E-state index >= 15 is 0 Å². The number of carbonyl (C=O) groups excluding carboxylic acids is 1. The minimum absolute atomic E-state index is 0.0187. The summed E-state index contributed by atoms with van der Waals surface area (Å²) in [6.45, 7) is 0. The van der Waals surface area contributed by atoms with Crippen molar-refractivity contribution in [3.05, 3.63) is 34.9 Å². The van der Waals surface area contributed by atoms with Crippen LogP contribution >= 0.6 is 27.5 Å². The molecule has 0 atom stereocenters. The van der Waals surface area contributed by atoms with Crippen molar-refractivity contribution in [3.8, 4) is 0 Å². The standard InChI is InChI=1S/C11H10BrClF2O/c12-4-3-10(16)7-1-2-9(11(14)15)8(5-7)6-13/h1-2,5,11H,3-4,6H2. The van der Waals surface area contributed by atoms with Crippen LogP contribution in [-0.2, 0) is 5.88 Å². The summed E-state index contributed by atoms with van der Waals surface area (Å²) in [5, 5.41) is 0.554. The normalized spacial score (nSPS) is 10.8. The second-order valence-electron chi connectivity index (χ2n) is 3.21. The van der Waals surface area contributed by atoms with Crippen LogP contribution < -0.4 is 0 Å². The molecule has 0 aromatic heterocycles. The lowest BCUT2D eigenvalue weighted by Gasteiger charge is -2.08. The molecule has 0 spiro atoms. The zero-order chi connectivity index (χ0) is 12.1. The maximum Gasteiger partial charge on any atom is 0.264 e. The summed E-state index contributed by atoms with van der Waals surface area (Å²) in [6.07, 6.45) is -2.22. The van der Waals surface area contributed by atoms with Crippen LogP contribution in [0.25, 0.3) is 0 Å². The van der Waals surface area contributed by atoms with E-state index in [9.17, 15) is 13.6 Å². The Kier molecular flexibility index (Phi) is 5.35. The minimum atomic E-state index is -2.56. The van der Waals surface area contributed by atoms with Gasteiger partial charge in [0, 0.05) is 28.8 Å². The molecule has 16 heavy (non-hydrogen) atoms. The molecule has 0 bridgehead atoms. The number of Topliss-reactive ketones (excluding diaryl/α,β-unsaturated/α-hetero) is 1. The fourth-order valence-electron chi connectivity index (χ4n) is 1.34. The Morgan fingerprint density at radius 2 is 2.12 bits per heavy atom. The third kappa shape index (κ3) is 3.25. The van der Waals surface area contributed by atoms with Gasteiger partial charge in [-0.3, -0.25) is 4.79 Å². The van der Waals surface area contributed by atoms with E-state index < -0.39 is 6.43 Å². The lowest BCUT2D eigenvalue weighted by atomic mass is 10.0. The van der Waals surface area contributed by atoms with Crippen LogP contribution in [0.15, 0.2) is 18.2 Å². The Morgan fingerprint density at radius 3 is 2.62 bits per heavy atom. The van der Waals surface area contributed by atoms with Crippen molar-refractivity contribution in [1.82, 2.24) is 0 Å². The van der Waals surface area contributed by atoms with Crippen LogP contribution in [0, 0.1) is 0 Å². The zero-order valence-corrected chi connectivity index (χ0v) is 10.7. The van der Waals surface area contributed by atoms with Gasteiger partial charge in [-0.25, -0.2) is 8.78 Å². The number of ketones is 1. The Hall–Kier alpha value is -0.480. The number of benzene rings is 1. The van der Waals surface area contributed by atoms with E-state index in [0.29, 0.717) is 22.9 Å². The van der Waals surface area contributed by atoms with Gasteiger partial charge in [0.1, 0.15) is 0 Å². The first-order valence-electron chi connectivity index (χ1n) is 4.66. The molecule has 1 aromatic carbocycles. The van der Waals surface area contributed by atoms with E-state index in [1.807, 2.05) is 0 Å². The number of halogens is 4. The first-order valence-corrected chi connectivity index (χ1v) is 6.31. The first-order chi connectivity index (χ1) is 7.60. The molecule has 0 fully saturated rings. The van der Waals surface area contributed by atoms with Crippen LogP contribution in [-0.4, -0.2) is 11.1 Å². The Balaban J connectivity index is 3.04. The summed E-state index contributed by atoms with van der Waals surface area (Å²) in [5.74, 6) is -0.0983. The van der Waals surface area contributed by atoms with E-state index in [0.717, 1.165) is 0 Å².